The standard InChI is InChI=1S/C8H12O3/c9-6-3-1-4-5(2-3)8(10)11-7(4)6/h3-10H,1-2H2. The van der Waals surface area contributed by atoms with Crippen LogP contribution in [0.4, 0.5) is 0 Å². The highest BCUT2D eigenvalue weighted by molar-refractivity contribution is 5.06. The normalized spacial score (nSPS) is 66.0. The third kappa shape index (κ3) is 0.604. The molecule has 1 aliphatic heterocycles. The van der Waals surface area contributed by atoms with Gasteiger partial charge in [-0.3, -0.25) is 0 Å². The number of ether oxygens (including phenoxy) is 1. The Kier molecular flexibility index (Phi) is 1.04. The summed E-state index contributed by atoms with van der Waals surface area (Å²) in [5.74, 6) is 1.19. The van der Waals surface area contributed by atoms with Crippen LogP contribution in [0.2, 0.25) is 0 Å². The molecule has 3 fully saturated rings. The van der Waals surface area contributed by atoms with Crippen molar-refractivity contribution in [2.24, 2.45) is 17.8 Å². The van der Waals surface area contributed by atoms with Crippen molar-refractivity contribution in [3.8, 4) is 0 Å². The quantitative estimate of drug-likeness (QED) is 0.507. The molecule has 1 heterocycles. The number of hydrogen-bond acceptors (Lipinski definition) is 3. The Hall–Kier alpha value is -0.120. The summed E-state index contributed by atoms with van der Waals surface area (Å²) < 4.78 is 5.26. The monoisotopic (exact) mass is 156 g/mol. The van der Waals surface area contributed by atoms with Gasteiger partial charge in [0.05, 0.1) is 12.2 Å². The van der Waals surface area contributed by atoms with E-state index < -0.39 is 6.29 Å². The summed E-state index contributed by atoms with van der Waals surface area (Å²) in [6, 6.07) is 0. The maximum Gasteiger partial charge on any atom is 0.158 e. The predicted molar refractivity (Wildman–Crippen MR) is 36.6 cm³/mol. The molecule has 0 spiro atoms. The van der Waals surface area contributed by atoms with Crippen molar-refractivity contribution in [3.63, 3.8) is 0 Å². The Morgan fingerprint density at radius 2 is 1.82 bits per heavy atom. The van der Waals surface area contributed by atoms with Gasteiger partial charge in [0.2, 0.25) is 0 Å². The maximum atomic E-state index is 9.59. The minimum atomic E-state index is -0.591. The van der Waals surface area contributed by atoms with E-state index in [1.807, 2.05) is 0 Å². The highest BCUT2D eigenvalue weighted by Gasteiger charge is 2.60. The van der Waals surface area contributed by atoms with Gasteiger partial charge in [0.15, 0.2) is 6.29 Å². The third-order valence-corrected chi connectivity index (χ3v) is 3.60. The Morgan fingerprint density at radius 3 is 2.45 bits per heavy atom. The maximum absolute atomic E-state index is 9.59. The molecule has 0 radical (unpaired) electrons. The van der Waals surface area contributed by atoms with Gasteiger partial charge in [0, 0.05) is 5.92 Å². The average molecular weight is 156 g/mol. The molecule has 2 bridgehead atoms. The van der Waals surface area contributed by atoms with Gasteiger partial charge in [-0.1, -0.05) is 0 Å². The molecular weight excluding hydrogens is 144 g/mol. The molecule has 3 heteroatoms. The Labute approximate surface area is 65.0 Å². The van der Waals surface area contributed by atoms with E-state index in [4.69, 9.17) is 4.74 Å². The zero-order chi connectivity index (χ0) is 7.59. The summed E-state index contributed by atoms with van der Waals surface area (Å²) >= 11 is 0. The molecule has 0 amide bonds. The van der Waals surface area contributed by atoms with E-state index in [1.165, 1.54) is 0 Å². The van der Waals surface area contributed by atoms with Gasteiger partial charge in [0.25, 0.3) is 0 Å². The van der Waals surface area contributed by atoms with Crippen LogP contribution in [-0.4, -0.2) is 28.7 Å². The van der Waals surface area contributed by atoms with Gasteiger partial charge in [-0.15, -0.1) is 0 Å². The summed E-state index contributed by atoms with van der Waals surface area (Å²) in [6.07, 6.45) is 1.09. The van der Waals surface area contributed by atoms with Crippen molar-refractivity contribution in [2.75, 3.05) is 0 Å². The Balaban J connectivity index is 1.98. The molecule has 0 aromatic heterocycles. The Bertz CT molecular complexity index is 194. The van der Waals surface area contributed by atoms with Crippen LogP contribution in [0.1, 0.15) is 12.8 Å². The fourth-order valence-electron chi connectivity index (χ4n) is 3.09. The van der Waals surface area contributed by atoms with Crippen LogP contribution < -0.4 is 0 Å². The lowest BCUT2D eigenvalue weighted by atomic mass is 9.88. The largest absolute Gasteiger partial charge is 0.390 e. The highest BCUT2D eigenvalue weighted by atomic mass is 16.6. The first-order chi connectivity index (χ1) is 5.27. The molecule has 3 rings (SSSR count). The van der Waals surface area contributed by atoms with Crippen LogP contribution in [0.3, 0.4) is 0 Å². The SMILES string of the molecule is OC1OC2C(O)C3CC1C2C3. The van der Waals surface area contributed by atoms with Gasteiger partial charge in [-0.05, 0) is 24.7 Å². The van der Waals surface area contributed by atoms with Gasteiger partial charge in [-0.25, -0.2) is 0 Å². The molecule has 0 aromatic rings. The first-order valence-corrected chi connectivity index (χ1v) is 4.29. The molecule has 6 unspecified atom stereocenters. The van der Waals surface area contributed by atoms with Crippen LogP contribution in [-0.2, 0) is 4.74 Å². The van der Waals surface area contributed by atoms with Crippen LogP contribution in [0.15, 0.2) is 0 Å². The zero-order valence-corrected chi connectivity index (χ0v) is 6.18. The first kappa shape index (κ1) is 6.40. The van der Waals surface area contributed by atoms with Crippen LogP contribution in [0.5, 0.6) is 0 Å². The van der Waals surface area contributed by atoms with Crippen molar-refractivity contribution < 1.29 is 14.9 Å². The lowest BCUT2D eigenvalue weighted by Crippen LogP contribution is -2.31. The van der Waals surface area contributed by atoms with Gasteiger partial charge in [-0.2, -0.15) is 0 Å². The van der Waals surface area contributed by atoms with E-state index in [9.17, 15) is 10.2 Å². The van der Waals surface area contributed by atoms with E-state index in [-0.39, 0.29) is 12.2 Å². The fourth-order valence-corrected chi connectivity index (χ4v) is 3.09. The van der Waals surface area contributed by atoms with E-state index in [2.05, 4.69) is 0 Å². The molecule has 2 aliphatic carbocycles. The summed E-state index contributed by atoms with van der Waals surface area (Å²) in [5.41, 5.74) is 0. The predicted octanol–water partition coefficient (Wildman–Crippen LogP) is -0.280. The topological polar surface area (TPSA) is 49.7 Å². The second-order valence-corrected chi connectivity index (χ2v) is 4.04. The van der Waals surface area contributed by atoms with E-state index >= 15 is 0 Å². The van der Waals surface area contributed by atoms with Crippen LogP contribution >= 0.6 is 0 Å². The minimum absolute atomic E-state index is 0.0475. The summed E-state index contributed by atoms with van der Waals surface area (Å²) in [5, 5.41) is 19.0. The number of rotatable bonds is 0. The van der Waals surface area contributed by atoms with E-state index in [0.29, 0.717) is 17.8 Å². The molecule has 6 atom stereocenters. The van der Waals surface area contributed by atoms with Crippen molar-refractivity contribution >= 4 is 0 Å². The third-order valence-electron chi connectivity index (χ3n) is 3.60. The number of fused-ring (bicyclic) bond motifs is 1. The smallest absolute Gasteiger partial charge is 0.158 e. The van der Waals surface area contributed by atoms with E-state index in [0.717, 1.165) is 12.8 Å². The molecule has 0 aromatic carbocycles. The minimum Gasteiger partial charge on any atom is -0.390 e. The van der Waals surface area contributed by atoms with Crippen LogP contribution in [0, 0.1) is 17.8 Å². The molecule has 2 N–H and O–H groups in total. The number of aliphatic hydroxyl groups is 2. The van der Waals surface area contributed by atoms with Crippen molar-refractivity contribution in [1.82, 2.24) is 0 Å². The second kappa shape index (κ2) is 1.79. The molecule has 3 nitrogen and oxygen atoms in total. The van der Waals surface area contributed by atoms with Crippen molar-refractivity contribution in [2.45, 2.75) is 31.3 Å². The first-order valence-electron chi connectivity index (χ1n) is 4.29. The second-order valence-electron chi connectivity index (χ2n) is 4.04. The summed E-state index contributed by atoms with van der Waals surface area (Å²) in [7, 11) is 0. The zero-order valence-electron chi connectivity index (χ0n) is 6.18. The average Bonchev–Trinajstić information content (AvgIpc) is 2.53. The molecule has 1 saturated heterocycles. The van der Waals surface area contributed by atoms with Crippen molar-refractivity contribution in [3.05, 3.63) is 0 Å². The number of aliphatic hydroxyl groups excluding tert-OH is 2. The summed E-state index contributed by atoms with van der Waals surface area (Å²) in [4.78, 5) is 0. The van der Waals surface area contributed by atoms with Crippen LogP contribution in [0.25, 0.3) is 0 Å². The van der Waals surface area contributed by atoms with Gasteiger partial charge < -0.3 is 14.9 Å². The fraction of sp³-hybridized carbons (Fsp3) is 1.00. The molecule has 62 valence electrons. The summed E-state index contributed by atoms with van der Waals surface area (Å²) in [6.45, 7) is 0. The number of hydrogen-bond donors (Lipinski definition) is 2. The molecular formula is C8H12O3. The lowest BCUT2D eigenvalue weighted by molar-refractivity contribution is -0.121. The molecule has 11 heavy (non-hydrogen) atoms. The van der Waals surface area contributed by atoms with Crippen molar-refractivity contribution in [1.29, 1.82) is 0 Å². The van der Waals surface area contributed by atoms with E-state index in [1.54, 1.807) is 0 Å². The lowest BCUT2D eigenvalue weighted by Gasteiger charge is -2.20. The molecule has 3 aliphatic rings. The highest BCUT2D eigenvalue weighted by Crippen LogP contribution is 2.55. The van der Waals surface area contributed by atoms with Gasteiger partial charge >= 0.3 is 0 Å². The van der Waals surface area contributed by atoms with Gasteiger partial charge in [0.1, 0.15) is 0 Å². The Morgan fingerprint density at radius 1 is 1.09 bits per heavy atom. The molecule has 2 saturated carbocycles.